The average molecular weight is 330 g/mol. The summed E-state index contributed by atoms with van der Waals surface area (Å²) in [4.78, 5) is 37.0. The van der Waals surface area contributed by atoms with Crippen LogP contribution in [0.25, 0.3) is 0 Å². The first-order valence-electron chi connectivity index (χ1n) is 8.63. The highest BCUT2D eigenvalue weighted by molar-refractivity contribution is 5.99. The highest BCUT2D eigenvalue weighted by atomic mass is 16.3. The van der Waals surface area contributed by atoms with Gasteiger partial charge in [-0.15, -0.1) is 0 Å². The SMILES string of the molecule is O=C(C1CC(O)C1)N1CCC2(CC1)CCN(c1cncnc1)C2=O. The highest BCUT2D eigenvalue weighted by Gasteiger charge is 2.49. The molecule has 1 aromatic rings. The Hall–Kier alpha value is -2.02. The standard InChI is InChI=1S/C17H22N4O3/c22-14-7-12(8-14)15(23)20-4-1-17(2-5-20)3-6-21(16(17)24)13-9-18-11-19-10-13/h9-12,14,22H,1-8H2. The van der Waals surface area contributed by atoms with Gasteiger partial charge in [-0.2, -0.15) is 0 Å². The normalized spacial score (nSPS) is 29.0. The van der Waals surface area contributed by atoms with Gasteiger partial charge < -0.3 is 14.9 Å². The summed E-state index contributed by atoms with van der Waals surface area (Å²) >= 11 is 0. The number of likely N-dealkylation sites (tertiary alicyclic amines) is 1. The first-order chi connectivity index (χ1) is 11.6. The van der Waals surface area contributed by atoms with Crippen LogP contribution in [-0.2, 0) is 9.59 Å². The third kappa shape index (κ3) is 2.47. The number of anilines is 1. The number of carbonyl (C=O) groups is 2. The van der Waals surface area contributed by atoms with Gasteiger partial charge in [0.25, 0.3) is 0 Å². The van der Waals surface area contributed by atoms with Crippen LogP contribution in [0.4, 0.5) is 5.69 Å². The van der Waals surface area contributed by atoms with Crippen molar-refractivity contribution in [1.82, 2.24) is 14.9 Å². The van der Waals surface area contributed by atoms with Crippen molar-refractivity contribution in [3.05, 3.63) is 18.7 Å². The first-order valence-corrected chi connectivity index (χ1v) is 8.63. The van der Waals surface area contributed by atoms with E-state index in [0.29, 0.717) is 32.5 Å². The van der Waals surface area contributed by atoms with Gasteiger partial charge in [0.2, 0.25) is 11.8 Å². The van der Waals surface area contributed by atoms with Crippen molar-refractivity contribution in [3.63, 3.8) is 0 Å². The molecule has 0 unspecified atom stereocenters. The van der Waals surface area contributed by atoms with Crippen molar-refractivity contribution in [1.29, 1.82) is 0 Å². The summed E-state index contributed by atoms with van der Waals surface area (Å²) in [7, 11) is 0. The molecule has 1 aliphatic carbocycles. The molecule has 7 nitrogen and oxygen atoms in total. The molecule has 0 bridgehead atoms. The van der Waals surface area contributed by atoms with Gasteiger partial charge >= 0.3 is 0 Å². The van der Waals surface area contributed by atoms with E-state index < -0.39 is 0 Å². The van der Waals surface area contributed by atoms with Crippen molar-refractivity contribution in [2.24, 2.45) is 11.3 Å². The molecule has 3 aliphatic rings. The zero-order valence-electron chi connectivity index (χ0n) is 13.6. The van der Waals surface area contributed by atoms with Crippen molar-refractivity contribution in [2.45, 2.75) is 38.2 Å². The number of hydrogen-bond donors (Lipinski definition) is 1. The van der Waals surface area contributed by atoms with E-state index in [1.807, 2.05) is 4.90 Å². The maximum absolute atomic E-state index is 12.9. The first kappa shape index (κ1) is 15.5. The molecule has 3 heterocycles. The van der Waals surface area contributed by atoms with Crippen LogP contribution < -0.4 is 4.90 Å². The molecule has 128 valence electrons. The van der Waals surface area contributed by atoms with Crippen molar-refractivity contribution < 1.29 is 14.7 Å². The van der Waals surface area contributed by atoms with Gasteiger partial charge in [-0.25, -0.2) is 9.97 Å². The Balaban J connectivity index is 1.40. The summed E-state index contributed by atoms with van der Waals surface area (Å²) in [6.07, 6.45) is 7.92. The molecule has 4 rings (SSSR count). The van der Waals surface area contributed by atoms with Crippen LogP contribution in [-0.4, -0.2) is 57.5 Å². The van der Waals surface area contributed by atoms with E-state index in [0.717, 1.165) is 24.9 Å². The Labute approximate surface area is 140 Å². The van der Waals surface area contributed by atoms with Gasteiger partial charge in [0, 0.05) is 25.6 Å². The number of nitrogens with zero attached hydrogens (tertiary/aromatic N) is 4. The van der Waals surface area contributed by atoms with Crippen molar-refractivity contribution in [2.75, 3.05) is 24.5 Å². The van der Waals surface area contributed by atoms with Crippen LogP contribution in [0.5, 0.6) is 0 Å². The van der Waals surface area contributed by atoms with Crippen LogP contribution >= 0.6 is 0 Å². The molecule has 1 aromatic heterocycles. The van der Waals surface area contributed by atoms with E-state index in [2.05, 4.69) is 9.97 Å². The number of aliphatic hydroxyl groups is 1. The predicted octanol–water partition coefficient (Wildman–Crippen LogP) is 0.593. The van der Waals surface area contributed by atoms with E-state index >= 15 is 0 Å². The van der Waals surface area contributed by atoms with Crippen LogP contribution in [0.2, 0.25) is 0 Å². The van der Waals surface area contributed by atoms with Gasteiger partial charge in [0.15, 0.2) is 0 Å². The average Bonchev–Trinajstić information content (AvgIpc) is 2.90. The maximum atomic E-state index is 12.9. The summed E-state index contributed by atoms with van der Waals surface area (Å²) < 4.78 is 0. The molecule has 0 radical (unpaired) electrons. The molecular formula is C17H22N4O3. The Morgan fingerprint density at radius 1 is 1.12 bits per heavy atom. The third-order valence-electron chi connectivity index (χ3n) is 5.87. The lowest BCUT2D eigenvalue weighted by Crippen LogP contribution is -2.50. The molecule has 24 heavy (non-hydrogen) atoms. The van der Waals surface area contributed by atoms with Crippen LogP contribution in [0.1, 0.15) is 32.1 Å². The van der Waals surface area contributed by atoms with Gasteiger partial charge in [-0.05, 0) is 32.1 Å². The highest BCUT2D eigenvalue weighted by Crippen LogP contribution is 2.43. The van der Waals surface area contributed by atoms with Crippen LogP contribution in [0.15, 0.2) is 18.7 Å². The van der Waals surface area contributed by atoms with E-state index in [1.54, 1.807) is 17.3 Å². The number of aliphatic hydroxyl groups excluding tert-OH is 1. The van der Waals surface area contributed by atoms with Gasteiger partial charge in [0.05, 0.1) is 29.6 Å². The fourth-order valence-electron chi connectivity index (χ4n) is 4.16. The molecule has 2 saturated heterocycles. The lowest BCUT2D eigenvalue weighted by atomic mass is 9.76. The molecule has 7 heteroatoms. The number of hydrogen-bond acceptors (Lipinski definition) is 5. The van der Waals surface area contributed by atoms with Crippen LogP contribution in [0, 0.1) is 11.3 Å². The molecule has 2 amide bonds. The molecule has 0 atom stereocenters. The molecule has 1 N–H and O–H groups in total. The fourth-order valence-corrected chi connectivity index (χ4v) is 4.16. The fraction of sp³-hybridized carbons (Fsp3) is 0.647. The van der Waals surface area contributed by atoms with E-state index in [9.17, 15) is 14.7 Å². The Bertz CT molecular complexity index is 636. The largest absolute Gasteiger partial charge is 0.393 e. The second kappa shape index (κ2) is 5.81. The summed E-state index contributed by atoms with van der Waals surface area (Å²) in [5.41, 5.74) is 0.410. The smallest absolute Gasteiger partial charge is 0.233 e. The van der Waals surface area contributed by atoms with E-state index in [1.165, 1.54) is 6.33 Å². The van der Waals surface area contributed by atoms with E-state index in [4.69, 9.17) is 0 Å². The number of aromatic nitrogens is 2. The second-order valence-electron chi connectivity index (χ2n) is 7.23. The third-order valence-corrected chi connectivity index (χ3v) is 5.87. The van der Waals surface area contributed by atoms with Crippen molar-refractivity contribution >= 4 is 17.5 Å². The Morgan fingerprint density at radius 2 is 1.75 bits per heavy atom. The summed E-state index contributed by atoms with van der Waals surface area (Å²) in [6.45, 7) is 1.96. The lowest BCUT2D eigenvalue weighted by Gasteiger charge is -2.41. The maximum Gasteiger partial charge on any atom is 0.233 e. The van der Waals surface area contributed by atoms with Crippen molar-refractivity contribution in [3.8, 4) is 0 Å². The molecule has 1 spiro atoms. The Kier molecular flexibility index (Phi) is 3.75. The Morgan fingerprint density at radius 3 is 2.38 bits per heavy atom. The molecular weight excluding hydrogens is 308 g/mol. The predicted molar refractivity (Wildman–Crippen MR) is 86.0 cm³/mol. The summed E-state index contributed by atoms with van der Waals surface area (Å²) in [5, 5.41) is 9.37. The second-order valence-corrected chi connectivity index (χ2v) is 7.23. The minimum atomic E-state index is -0.342. The molecule has 3 fully saturated rings. The van der Waals surface area contributed by atoms with Gasteiger partial charge in [-0.1, -0.05) is 0 Å². The van der Waals surface area contributed by atoms with E-state index in [-0.39, 0.29) is 29.3 Å². The topological polar surface area (TPSA) is 86.6 Å². The summed E-state index contributed by atoms with van der Waals surface area (Å²) in [5.74, 6) is 0.267. The van der Waals surface area contributed by atoms with Gasteiger partial charge in [-0.3, -0.25) is 9.59 Å². The number of carbonyl (C=O) groups excluding carboxylic acids is 2. The van der Waals surface area contributed by atoms with Gasteiger partial charge in [0.1, 0.15) is 6.33 Å². The molecule has 0 aromatic carbocycles. The lowest BCUT2D eigenvalue weighted by molar-refractivity contribution is -0.146. The molecule has 2 aliphatic heterocycles. The number of amides is 2. The zero-order chi connectivity index (χ0) is 16.7. The molecule has 1 saturated carbocycles. The van der Waals surface area contributed by atoms with Crippen LogP contribution in [0.3, 0.4) is 0 Å². The minimum absolute atomic E-state index is 0.0219. The number of piperidine rings is 1. The number of rotatable bonds is 2. The minimum Gasteiger partial charge on any atom is -0.393 e. The monoisotopic (exact) mass is 330 g/mol. The zero-order valence-corrected chi connectivity index (χ0v) is 13.6. The summed E-state index contributed by atoms with van der Waals surface area (Å²) in [6, 6.07) is 0. The quantitative estimate of drug-likeness (QED) is 0.858.